The van der Waals surface area contributed by atoms with Gasteiger partial charge in [0.2, 0.25) is 11.8 Å². The molecule has 1 heterocycles. The summed E-state index contributed by atoms with van der Waals surface area (Å²) in [4.78, 5) is 12.1. The predicted octanol–water partition coefficient (Wildman–Crippen LogP) is 4.81. The van der Waals surface area contributed by atoms with Gasteiger partial charge in [-0.05, 0) is 42.7 Å². The molecule has 1 aromatic heterocycles. The Morgan fingerprint density at radius 3 is 2.58 bits per heavy atom. The van der Waals surface area contributed by atoms with Crippen molar-refractivity contribution in [3.8, 4) is 11.5 Å². The van der Waals surface area contributed by atoms with E-state index in [2.05, 4.69) is 34.6 Å². The minimum absolute atomic E-state index is 0.101. The van der Waals surface area contributed by atoms with Gasteiger partial charge >= 0.3 is 0 Å². The van der Waals surface area contributed by atoms with Crippen molar-refractivity contribution in [2.45, 2.75) is 31.4 Å². The van der Waals surface area contributed by atoms with Gasteiger partial charge in [0.1, 0.15) is 0 Å². The van der Waals surface area contributed by atoms with Crippen LogP contribution in [0.5, 0.6) is 0 Å². The van der Waals surface area contributed by atoms with E-state index in [1.165, 1.54) is 30.2 Å². The van der Waals surface area contributed by atoms with E-state index >= 15 is 0 Å². The Morgan fingerprint density at radius 1 is 1.08 bits per heavy atom. The van der Waals surface area contributed by atoms with E-state index in [0.29, 0.717) is 11.1 Å². The number of hydrogen-bond donors (Lipinski definition) is 1. The summed E-state index contributed by atoms with van der Waals surface area (Å²) in [5, 5.41) is 11.3. The number of hydrogen-bond acceptors (Lipinski definition) is 5. The molecular formula is C20H21N3O2S. The first-order valence-corrected chi connectivity index (χ1v) is 9.63. The Morgan fingerprint density at radius 2 is 1.85 bits per heavy atom. The van der Waals surface area contributed by atoms with Crippen LogP contribution < -0.4 is 5.32 Å². The highest BCUT2D eigenvalue weighted by molar-refractivity contribution is 7.99. The van der Waals surface area contributed by atoms with Crippen LogP contribution in [0, 0.1) is 0 Å². The highest BCUT2D eigenvalue weighted by Gasteiger charge is 2.11. The number of rotatable bonds is 8. The number of carbonyl (C=O) groups excluding carboxylic acids is 1. The fraction of sp³-hybridized carbons (Fsp3) is 0.250. The molecule has 0 unspecified atom stereocenters. The lowest BCUT2D eigenvalue weighted by molar-refractivity contribution is -0.113. The van der Waals surface area contributed by atoms with Crippen LogP contribution in [-0.2, 0) is 11.2 Å². The van der Waals surface area contributed by atoms with E-state index in [0.717, 1.165) is 17.7 Å². The average molecular weight is 367 g/mol. The Hall–Kier alpha value is -2.60. The normalized spacial score (nSPS) is 10.7. The fourth-order valence-electron chi connectivity index (χ4n) is 2.43. The summed E-state index contributed by atoms with van der Waals surface area (Å²) < 4.78 is 5.58. The van der Waals surface area contributed by atoms with Crippen molar-refractivity contribution in [2.75, 3.05) is 11.1 Å². The molecule has 0 aliphatic carbocycles. The molecular weight excluding hydrogens is 346 g/mol. The maximum atomic E-state index is 12.1. The van der Waals surface area contributed by atoms with E-state index in [1.54, 1.807) is 0 Å². The summed E-state index contributed by atoms with van der Waals surface area (Å²) in [5.74, 6) is 0.570. The van der Waals surface area contributed by atoms with E-state index < -0.39 is 0 Å². The highest BCUT2D eigenvalue weighted by atomic mass is 32.2. The van der Waals surface area contributed by atoms with Crippen LogP contribution in [0.1, 0.15) is 25.3 Å². The van der Waals surface area contributed by atoms with Crippen molar-refractivity contribution >= 4 is 23.4 Å². The number of amides is 1. The Kier molecular flexibility index (Phi) is 6.44. The number of thioether (sulfide) groups is 1. The lowest BCUT2D eigenvalue weighted by Gasteiger charge is -2.05. The molecule has 6 heteroatoms. The highest BCUT2D eigenvalue weighted by Crippen LogP contribution is 2.23. The van der Waals surface area contributed by atoms with Crippen LogP contribution in [0.25, 0.3) is 11.5 Å². The van der Waals surface area contributed by atoms with Gasteiger partial charge in [0, 0.05) is 11.3 Å². The van der Waals surface area contributed by atoms with Crippen LogP contribution in [0.4, 0.5) is 5.69 Å². The average Bonchev–Trinajstić information content (AvgIpc) is 3.16. The Balaban J connectivity index is 1.49. The van der Waals surface area contributed by atoms with Gasteiger partial charge in [-0.2, -0.15) is 0 Å². The van der Waals surface area contributed by atoms with Crippen molar-refractivity contribution in [2.24, 2.45) is 0 Å². The van der Waals surface area contributed by atoms with E-state index in [1.807, 2.05) is 42.5 Å². The van der Waals surface area contributed by atoms with Crippen molar-refractivity contribution in [1.29, 1.82) is 0 Å². The third-order valence-electron chi connectivity index (χ3n) is 3.81. The van der Waals surface area contributed by atoms with Gasteiger partial charge in [-0.15, -0.1) is 10.2 Å². The summed E-state index contributed by atoms with van der Waals surface area (Å²) in [6.45, 7) is 2.18. The SMILES string of the molecule is CCCCc1ccc(NC(=O)CSc2nnc(-c3ccccc3)o2)cc1. The lowest BCUT2D eigenvalue weighted by atomic mass is 10.1. The predicted molar refractivity (Wildman–Crippen MR) is 104 cm³/mol. The molecule has 3 rings (SSSR count). The molecule has 5 nitrogen and oxygen atoms in total. The largest absolute Gasteiger partial charge is 0.411 e. The number of benzene rings is 2. The van der Waals surface area contributed by atoms with Crippen LogP contribution in [-0.4, -0.2) is 21.9 Å². The van der Waals surface area contributed by atoms with Crippen LogP contribution >= 0.6 is 11.8 Å². The monoisotopic (exact) mass is 367 g/mol. The molecule has 0 bridgehead atoms. The number of aryl methyl sites for hydroxylation is 1. The number of nitrogens with zero attached hydrogens (tertiary/aromatic N) is 2. The molecule has 0 saturated heterocycles. The maximum absolute atomic E-state index is 12.1. The molecule has 134 valence electrons. The van der Waals surface area contributed by atoms with E-state index in [-0.39, 0.29) is 11.7 Å². The molecule has 0 saturated carbocycles. The Labute approximate surface area is 157 Å². The zero-order chi connectivity index (χ0) is 18.2. The lowest BCUT2D eigenvalue weighted by Crippen LogP contribution is -2.13. The smallest absolute Gasteiger partial charge is 0.277 e. The molecule has 3 aromatic rings. The molecule has 2 aromatic carbocycles. The molecule has 26 heavy (non-hydrogen) atoms. The fourth-order valence-corrected chi connectivity index (χ4v) is 2.99. The molecule has 0 aliphatic rings. The second kappa shape index (κ2) is 9.20. The summed E-state index contributed by atoms with van der Waals surface area (Å²) in [7, 11) is 0. The molecule has 0 atom stereocenters. The Bertz CT molecular complexity index is 832. The molecule has 0 fully saturated rings. The molecule has 0 spiro atoms. The van der Waals surface area contributed by atoms with Crippen molar-refractivity contribution in [3.63, 3.8) is 0 Å². The van der Waals surface area contributed by atoms with Gasteiger partial charge in [-0.25, -0.2) is 0 Å². The molecule has 1 amide bonds. The zero-order valence-electron chi connectivity index (χ0n) is 14.6. The first-order valence-electron chi connectivity index (χ1n) is 8.65. The number of anilines is 1. The van der Waals surface area contributed by atoms with Crippen LogP contribution in [0.15, 0.2) is 64.2 Å². The summed E-state index contributed by atoms with van der Waals surface area (Å²) >= 11 is 1.23. The molecule has 1 N–H and O–H groups in total. The minimum atomic E-state index is -0.101. The molecule has 0 aliphatic heterocycles. The maximum Gasteiger partial charge on any atom is 0.277 e. The second-order valence-corrected chi connectivity index (χ2v) is 6.80. The quantitative estimate of drug-likeness (QED) is 0.579. The number of unbranched alkanes of at least 4 members (excludes halogenated alkanes) is 1. The third-order valence-corrected chi connectivity index (χ3v) is 4.63. The molecule has 0 radical (unpaired) electrons. The first kappa shape index (κ1) is 18.2. The van der Waals surface area contributed by atoms with E-state index in [9.17, 15) is 4.79 Å². The van der Waals surface area contributed by atoms with Gasteiger partial charge in [-0.3, -0.25) is 4.79 Å². The number of carbonyl (C=O) groups is 1. The zero-order valence-corrected chi connectivity index (χ0v) is 15.5. The standard InChI is InChI=1S/C20H21N3O2S/c1-2-3-7-15-10-12-17(13-11-15)21-18(24)14-26-20-23-22-19(25-20)16-8-5-4-6-9-16/h4-6,8-13H,2-3,7,14H2,1H3,(H,21,24). The van der Waals surface area contributed by atoms with Gasteiger partial charge in [0.15, 0.2) is 0 Å². The second-order valence-electron chi connectivity index (χ2n) is 5.88. The van der Waals surface area contributed by atoms with Crippen molar-refractivity contribution in [3.05, 3.63) is 60.2 Å². The minimum Gasteiger partial charge on any atom is -0.411 e. The van der Waals surface area contributed by atoms with Crippen LogP contribution in [0.2, 0.25) is 0 Å². The van der Waals surface area contributed by atoms with Crippen molar-refractivity contribution in [1.82, 2.24) is 10.2 Å². The number of nitrogens with one attached hydrogen (secondary N) is 1. The van der Waals surface area contributed by atoms with Crippen molar-refractivity contribution < 1.29 is 9.21 Å². The number of aromatic nitrogens is 2. The first-order chi connectivity index (χ1) is 12.7. The van der Waals surface area contributed by atoms with Gasteiger partial charge in [0.05, 0.1) is 5.75 Å². The van der Waals surface area contributed by atoms with Gasteiger partial charge in [-0.1, -0.05) is 55.4 Å². The topological polar surface area (TPSA) is 68.0 Å². The third kappa shape index (κ3) is 5.20. The summed E-state index contributed by atoms with van der Waals surface area (Å²) in [5.41, 5.74) is 2.95. The van der Waals surface area contributed by atoms with E-state index in [4.69, 9.17) is 4.42 Å². The summed E-state index contributed by atoms with van der Waals surface area (Å²) in [6.07, 6.45) is 3.43. The summed E-state index contributed by atoms with van der Waals surface area (Å²) in [6, 6.07) is 17.5. The van der Waals surface area contributed by atoms with Gasteiger partial charge in [0.25, 0.3) is 5.22 Å². The van der Waals surface area contributed by atoms with Crippen LogP contribution in [0.3, 0.4) is 0 Å². The van der Waals surface area contributed by atoms with Gasteiger partial charge < -0.3 is 9.73 Å².